The molecule has 1 fully saturated rings. The van der Waals surface area contributed by atoms with E-state index in [0.29, 0.717) is 12.6 Å². The number of guanidine groups is 1. The van der Waals surface area contributed by atoms with E-state index >= 15 is 0 Å². The molecule has 6 heteroatoms. The Bertz CT molecular complexity index is 721. The maximum absolute atomic E-state index is 5.44. The lowest BCUT2D eigenvalue weighted by molar-refractivity contribution is 0.134. The van der Waals surface area contributed by atoms with Crippen LogP contribution in [0.3, 0.4) is 0 Å². The molecule has 0 saturated carbocycles. The van der Waals surface area contributed by atoms with Crippen molar-refractivity contribution in [2.75, 3.05) is 31.6 Å². The number of nitrogens with zero attached hydrogens (tertiary/aromatic N) is 2. The van der Waals surface area contributed by atoms with Gasteiger partial charge in [0.2, 0.25) is 0 Å². The molecular weight excluding hydrogens is 463 g/mol. The average molecular weight is 494 g/mol. The zero-order chi connectivity index (χ0) is 18.9. The molecule has 5 nitrogen and oxygen atoms in total. The highest BCUT2D eigenvalue weighted by Crippen LogP contribution is 2.19. The van der Waals surface area contributed by atoms with Crippen molar-refractivity contribution in [1.29, 1.82) is 0 Å². The summed E-state index contributed by atoms with van der Waals surface area (Å²) in [5, 5.41) is 6.97. The van der Waals surface area contributed by atoms with Crippen molar-refractivity contribution >= 4 is 35.6 Å². The maximum atomic E-state index is 5.44. The van der Waals surface area contributed by atoms with Gasteiger partial charge in [0.1, 0.15) is 0 Å². The first kappa shape index (κ1) is 22.5. The molecule has 1 unspecified atom stereocenters. The van der Waals surface area contributed by atoms with Gasteiger partial charge in [0.15, 0.2) is 5.96 Å². The predicted molar refractivity (Wildman–Crippen MR) is 128 cm³/mol. The maximum Gasteiger partial charge on any atom is 0.191 e. The summed E-state index contributed by atoms with van der Waals surface area (Å²) in [6.45, 7) is 6.25. The van der Waals surface area contributed by atoms with Crippen molar-refractivity contribution in [3.8, 4) is 0 Å². The summed E-state index contributed by atoms with van der Waals surface area (Å²) in [4.78, 5) is 6.80. The zero-order valence-electron chi connectivity index (χ0n) is 16.7. The van der Waals surface area contributed by atoms with Crippen LogP contribution in [0, 0.1) is 0 Å². The molecule has 1 aliphatic rings. The summed E-state index contributed by atoms with van der Waals surface area (Å²) in [6, 6.07) is 19.5. The summed E-state index contributed by atoms with van der Waals surface area (Å²) in [7, 11) is 1.82. The number of ether oxygens (including phenoxy) is 1. The van der Waals surface area contributed by atoms with Crippen molar-refractivity contribution in [1.82, 2.24) is 10.6 Å². The number of aliphatic imine (C=N–C) groups is 1. The summed E-state index contributed by atoms with van der Waals surface area (Å²) in [6.07, 6.45) is 1.11. The monoisotopic (exact) mass is 494 g/mol. The Hall–Kier alpha value is -1.80. The lowest BCUT2D eigenvalue weighted by Gasteiger charge is -2.20. The van der Waals surface area contributed by atoms with Gasteiger partial charge in [-0.1, -0.05) is 42.5 Å². The number of nitrogens with one attached hydrogen (secondary N) is 2. The number of hydrogen-bond donors (Lipinski definition) is 2. The molecule has 2 aromatic carbocycles. The molecule has 1 aliphatic heterocycles. The highest BCUT2D eigenvalue weighted by Gasteiger charge is 2.23. The van der Waals surface area contributed by atoms with Gasteiger partial charge >= 0.3 is 0 Å². The summed E-state index contributed by atoms with van der Waals surface area (Å²) in [5.74, 6) is 0.855. The van der Waals surface area contributed by atoms with Crippen LogP contribution in [-0.2, 0) is 17.9 Å². The Balaban J connectivity index is 0.00000280. The van der Waals surface area contributed by atoms with Crippen LogP contribution < -0.4 is 15.5 Å². The molecule has 0 radical (unpaired) electrons. The van der Waals surface area contributed by atoms with E-state index in [9.17, 15) is 0 Å². The van der Waals surface area contributed by atoms with Crippen molar-refractivity contribution in [3.63, 3.8) is 0 Å². The third-order valence-corrected chi connectivity index (χ3v) is 4.83. The normalized spacial score (nSPS) is 16.6. The molecule has 0 aromatic heterocycles. The largest absolute Gasteiger partial charge is 0.377 e. The standard InChI is InChI=1S/C22H30N4O.HI/c1-3-27-17-19-11-9-18(10-12-19)15-24-22(23-2)25-20-13-14-26(16-20)21-7-5-4-6-8-21;/h4-12,20H,3,13-17H2,1-2H3,(H2,23,24,25);1H. The molecule has 0 bridgehead atoms. The van der Waals surface area contributed by atoms with Crippen LogP contribution in [0.4, 0.5) is 5.69 Å². The van der Waals surface area contributed by atoms with Gasteiger partial charge in [0.05, 0.1) is 6.61 Å². The van der Waals surface area contributed by atoms with Gasteiger partial charge in [-0.05, 0) is 36.6 Å². The first-order valence-electron chi connectivity index (χ1n) is 9.71. The minimum Gasteiger partial charge on any atom is -0.377 e. The van der Waals surface area contributed by atoms with Gasteiger partial charge < -0.3 is 20.3 Å². The third kappa shape index (κ3) is 6.67. The minimum atomic E-state index is 0. The van der Waals surface area contributed by atoms with E-state index in [1.165, 1.54) is 16.8 Å². The Kier molecular flexibility index (Phi) is 9.57. The van der Waals surface area contributed by atoms with Crippen LogP contribution in [-0.4, -0.2) is 38.7 Å². The summed E-state index contributed by atoms with van der Waals surface area (Å²) in [5.41, 5.74) is 3.72. The lowest BCUT2D eigenvalue weighted by Crippen LogP contribution is -2.44. The number of anilines is 1. The SMILES string of the molecule is CCOCc1ccc(CNC(=NC)NC2CCN(c3ccccc3)C2)cc1.I. The minimum absolute atomic E-state index is 0. The van der Waals surface area contributed by atoms with E-state index in [1.54, 1.807) is 0 Å². The van der Waals surface area contributed by atoms with Crippen LogP contribution in [0.5, 0.6) is 0 Å². The van der Waals surface area contributed by atoms with Crippen molar-refractivity contribution < 1.29 is 4.74 Å². The fourth-order valence-electron chi connectivity index (χ4n) is 3.30. The van der Waals surface area contributed by atoms with Crippen molar-refractivity contribution in [3.05, 3.63) is 65.7 Å². The number of para-hydroxylation sites is 1. The molecule has 2 aromatic rings. The molecular formula is C22H31IN4O. The Morgan fingerprint density at radius 3 is 2.50 bits per heavy atom. The molecule has 1 saturated heterocycles. The molecule has 0 aliphatic carbocycles. The second kappa shape index (κ2) is 11.9. The van der Waals surface area contributed by atoms with Gasteiger partial charge in [-0.25, -0.2) is 0 Å². The van der Waals surface area contributed by atoms with Gasteiger partial charge in [0.25, 0.3) is 0 Å². The van der Waals surface area contributed by atoms with Crippen LogP contribution in [0.25, 0.3) is 0 Å². The lowest BCUT2D eigenvalue weighted by atomic mass is 10.1. The second-order valence-electron chi connectivity index (χ2n) is 6.79. The summed E-state index contributed by atoms with van der Waals surface area (Å²) < 4.78 is 5.44. The average Bonchev–Trinajstić information content (AvgIpc) is 3.19. The molecule has 2 N–H and O–H groups in total. The zero-order valence-corrected chi connectivity index (χ0v) is 19.1. The van der Waals surface area contributed by atoms with Gasteiger partial charge in [-0.2, -0.15) is 0 Å². The number of hydrogen-bond acceptors (Lipinski definition) is 3. The molecule has 28 heavy (non-hydrogen) atoms. The molecule has 0 amide bonds. The smallest absolute Gasteiger partial charge is 0.191 e. The van der Waals surface area contributed by atoms with E-state index in [0.717, 1.165) is 38.6 Å². The fourth-order valence-corrected chi connectivity index (χ4v) is 3.30. The second-order valence-corrected chi connectivity index (χ2v) is 6.79. The Morgan fingerprint density at radius 1 is 1.11 bits per heavy atom. The van der Waals surface area contributed by atoms with Crippen molar-refractivity contribution in [2.24, 2.45) is 4.99 Å². The number of benzene rings is 2. The fraction of sp³-hybridized carbons (Fsp3) is 0.409. The quantitative estimate of drug-likeness (QED) is 0.350. The Labute approximate surface area is 185 Å². The van der Waals surface area contributed by atoms with E-state index in [-0.39, 0.29) is 24.0 Å². The number of halogens is 1. The Morgan fingerprint density at radius 2 is 1.82 bits per heavy atom. The highest BCUT2D eigenvalue weighted by molar-refractivity contribution is 14.0. The predicted octanol–water partition coefficient (Wildman–Crippen LogP) is 3.79. The van der Waals surface area contributed by atoms with Crippen LogP contribution in [0.1, 0.15) is 24.5 Å². The van der Waals surface area contributed by atoms with Gasteiger partial charge in [-0.3, -0.25) is 4.99 Å². The molecule has 1 atom stereocenters. The van der Waals surface area contributed by atoms with Gasteiger partial charge in [-0.15, -0.1) is 24.0 Å². The van der Waals surface area contributed by atoms with E-state index < -0.39 is 0 Å². The molecule has 3 rings (SSSR count). The molecule has 152 valence electrons. The van der Waals surface area contributed by atoms with E-state index in [4.69, 9.17) is 4.74 Å². The van der Waals surface area contributed by atoms with Crippen LogP contribution in [0.15, 0.2) is 59.6 Å². The first-order valence-corrected chi connectivity index (χ1v) is 9.71. The van der Waals surface area contributed by atoms with Gasteiger partial charge in [0, 0.05) is 45.0 Å². The highest BCUT2D eigenvalue weighted by atomic mass is 127. The third-order valence-electron chi connectivity index (χ3n) is 4.83. The van der Waals surface area contributed by atoms with Crippen LogP contribution >= 0.6 is 24.0 Å². The van der Waals surface area contributed by atoms with E-state index in [1.807, 2.05) is 14.0 Å². The topological polar surface area (TPSA) is 48.9 Å². The summed E-state index contributed by atoms with van der Waals surface area (Å²) >= 11 is 0. The van der Waals surface area contributed by atoms with Crippen molar-refractivity contribution in [2.45, 2.75) is 32.5 Å². The molecule has 0 spiro atoms. The van der Waals surface area contributed by atoms with Crippen LogP contribution in [0.2, 0.25) is 0 Å². The first-order chi connectivity index (χ1) is 13.3. The molecule has 1 heterocycles. The number of rotatable bonds is 7. The van der Waals surface area contributed by atoms with E-state index in [2.05, 4.69) is 75.1 Å².